The number of halogens is 3. The molecule has 0 spiro atoms. The first-order valence-corrected chi connectivity index (χ1v) is 15.3. The Labute approximate surface area is 271 Å². The normalized spacial score (nSPS) is 14.4. The van der Waals surface area contributed by atoms with Crippen LogP contribution in [0.5, 0.6) is 11.5 Å². The average Bonchev–Trinajstić information content (AvgIpc) is 3.05. The molecule has 4 aromatic rings. The summed E-state index contributed by atoms with van der Waals surface area (Å²) in [5, 5.41) is 6.07. The molecule has 8 nitrogen and oxygen atoms in total. The minimum Gasteiger partial charge on any atom is -0.457 e. The number of ether oxygens (including phenoxy) is 2. The molecule has 1 atom stereocenters. The number of piperazine rings is 1. The molecular formula is C35H35ClF2N4O4. The van der Waals surface area contributed by atoms with Gasteiger partial charge in [0.25, 0.3) is 0 Å². The summed E-state index contributed by atoms with van der Waals surface area (Å²) in [4.78, 5) is 30.5. The van der Waals surface area contributed by atoms with Gasteiger partial charge in [0.15, 0.2) is 0 Å². The second kappa shape index (κ2) is 16.3. The second-order valence-electron chi connectivity index (χ2n) is 10.9. The SMILES string of the molecule is O=C(CN1CCN(Cc2c(F)cccc2Cl)CC1)NC(COCc1ccccc1)C(=O)Nc1ccc(Oc2ccc(F)cc2)cc1. The van der Waals surface area contributed by atoms with E-state index in [2.05, 4.69) is 15.5 Å². The van der Waals surface area contributed by atoms with Gasteiger partial charge < -0.3 is 20.1 Å². The van der Waals surface area contributed by atoms with E-state index in [0.717, 1.165) is 5.56 Å². The van der Waals surface area contributed by atoms with Gasteiger partial charge in [-0.3, -0.25) is 19.4 Å². The minimum atomic E-state index is -0.948. The molecule has 0 bridgehead atoms. The van der Waals surface area contributed by atoms with E-state index in [1.165, 1.54) is 30.3 Å². The molecule has 0 aliphatic carbocycles. The van der Waals surface area contributed by atoms with Crippen LogP contribution in [-0.2, 0) is 27.5 Å². The van der Waals surface area contributed by atoms with Gasteiger partial charge in [-0.2, -0.15) is 0 Å². The first-order chi connectivity index (χ1) is 22.3. The monoisotopic (exact) mass is 648 g/mol. The fourth-order valence-electron chi connectivity index (χ4n) is 4.98. The predicted molar refractivity (Wildman–Crippen MR) is 173 cm³/mol. The van der Waals surface area contributed by atoms with Crippen molar-refractivity contribution in [1.82, 2.24) is 15.1 Å². The summed E-state index contributed by atoms with van der Waals surface area (Å²) in [5.74, 6) is -0.436. The van der Waals surface area contributed by atoms with Crippen LogP contribution < -0.4 is 15.4 Å². The Kier molecular flexibility index (Phi) is 11.7. The van der Waals surface area contributed by atoms with Crippen LogP contribution in [0.25, 0.3) is 0 Å². The van der Waals surface area contributed by atoms with Crippen LogP contribution in [0.3, 0.4) is 0 Å². The molecule has 0 radical (unpaired) electrons. The molecule has 1 fully saturated rings. The zero-order valence-electron chi connectivity index (χ0n) is 25.1. The van der Waals surface area contributed by atoms with Crippen molar-refractivity contribution in [3.8, 4) is 11.5 Å². The Morgan fingerprint density at radius 3 is 2.13 bits per heavy atom. The van der Waals surface area contributed by atoms with Crippen LogP contribution in [0.1, 0.15) is 11.1 Å². The van der Waals surface area contributed by atoms with Crippen molar-refractivity contribution in [1.29, 1.82) is 0 Å². The number of hydrogen-bond acceptors (Lipinski definition) is 6. The Bertz CT molecular complexity index is 1560. The summed E-state index contributed by atoms with van der Waals surface area (Å²) in [6.07, 6.45) is 0. The van der Waals surface area contributed by atoms with Crippen molar-refractivity contribution in [3.05, 3.63) is 125 Å². The lowest BCUT2D eigenvalue weighted by Gasteiger charge is -2.34. The molecule has 0 saturated carbocycles. The number of benzene rings is 4. The Balaban J connectivity index is 1.14. The van der Waals surface area contributed by atoms with Crippen LogP contribution in [0.4, 0.5) is 14.5 Å². The molecule has 1 saturated heterocycles. The van der Waals surface area contributed by atoms with Gasteiger partial charge in [-0.1, -0.05) is 48.0 Å². The predicted octanol–water partition coefficient (Wildman–Crippen LogP) is 5.87. The fourth-order valence-corrected chi connectivity index (χ4v) is 5.20. The van der Waals surface area contributed by atoms with E-state index in [1.54, 1.807) is 36.4 Å². The summed E-state index contributed by atoms with van der Waals surface area (Å²) in [5.41, 5.74) is 1.92. The van der Waals surface area contributed by atoms with Crippen LogP contribution >= 0.6 is 11.6 Å². The molecule has 4 aromatic carbocycles. The van der Waals surface area contributed by atoms with Crippen molar-refractivity contribution in [3.63, 3.8) is 0 Å². The zero-order valence-corrected chi connectivity index (χ0v) is 25.9. The highest BCUT2D eigenvalue weighted by Crippen LogP contribution is 2.24. The molecule has 5 rings (SSSR count). The number of nitrogens with one attached hydrogen (secondary N) is 2. The highest BCUT2D eigenvalue weighted by atomic mass is 35.5. The van der Waals surface area contributed by atoms with Gasteiger partial charge in [-0.15, -0.1) is 0 Å². The largest absolute Gasteiger partial charge is 0.457 e. The lowest BCUT2D eigenvalue weighted by molar-refractivity contribution is -0.129. The third-order valence-electron chi connectivity index (χ3n) is 7.49. The van der Waals surface area contributed by atoms with Crippen LogP contribution in [0.15, 0.2) is 97.1 Å². The van der Waals surface area contributed by atoms with Crippen molar-refractivity contribution in [2.24, 2.45) is 0 Å². The van der Waals surface area contributed by atoms with E-state index in [9.17, 15) is 18.4 Å². The third-order valence-corrected chi connectivity index (χ3v) is 7.85. The number of nitrogens with zero attached hydrogens (tertiary/aromatic N) is 2. The van der Waals surface area contributed by atoms with Gasteiger partial charge in [0.05, 0.1) is 19.8 Å². The van der Waals surface area contributed by atoms with E-state index in [1.807, 2.05) is 35.2 Å². The maximum atomic E-state index is 14.2. The lowest BCUT2D eigenvalue weighted by Crippen LogP contribution is -2.53. The highest BCUT2D eigenvalue weighted by molar-refractivity contribution is 6.31. The summed E-state index contributed by atoms with van der Waals surface area (Å²) in [6.45, 7) is 3.24. The zero-order chi connectivity index (χ0) is 32.3. The number of carbonyl (C=O) groups excluding carboxylic acids is 2. The van der Waals surface area contributed by atoms with Crippen LogP contribution in [-0.4, -0.2) is 67.0 Å². The summed E-state index contributed by atoms with van der Waals surface area (Å²) < 4.78 is 39.0. The standard InChI is InChI=1S/C35H35ClF2N4O4/c36-31-7-4-8-32(38)30(31)21-41-17-19-42(20-18-41)22-34(43)40-33(24-45-23-25-5-2-1-3-6-25)35(44)39-27-11-15-29(16-12-27)46-28-13-9-26(37)10-14-28/h1-16,33H,17-24H2,(H,39,44)(H,40,43). The van der Waals surface area contributed by atoms with E-state index in [0.29, 0.717) is 60.5 Å². The third kappa shape index (κ3) is 9.82. The second-order valence-corrected chi connectivity index (χ2v) is 11.4. The van der Waals surface area contributed by atoms with Crippen LogP contribution in [0, 0.1) is 11.6 Å². The average molecular weight is 649 g/mol. The number of amides is 2. The quantitative estimate of drug-likeness (QED) is 0.189. The topological polar surface area (TPSA) is 83.1 Å². The smallest absolute Gasteiger partial charge is 0.249 e. The first-order valence-electron chi connectivity index (χ1n) is 15.0. The molecule has 1 aliphatic rings. The number of hydrogen-bond donors (Lipinski definition) is 2. The highest BCUT2D eigenvalue weighted by Gasteiger charge is 2.25. The molecule has 240 valence electrons. The van der Waals surface area contributed by atoms with Gasteiger partial charge in [0.1, 0.15) is 29.2 Å². The molecule has 11 heteroatoms. The summed E-state index contributed by atoms with van der Waals surface area (Å²) in [7, 11) is 0. The molecular weight excluding hydrogens is 614 g/mol. The Morgan fingerprint density at radius 1 is 0.804 bits per heavy atom. The molecule has 1 aliphatic heterocycles. The lowest BCUT2D eigenvalue weighted by atomic mass is 10.2. The van der Waals surface area contributed by atoms with Gasteiger partial charge >= 0.3 is 0 Å². The van der Waals surface area contributed by atoms with Crippen molar-refractivity contribution < 1.29 is 27.8 Å². The van der Waals surface area contributed by atoms with E-state index < -0.39 is 11.9 Å². The van der Waals surface area contributed by atoms with Crippen molar-refractivity contribution in [2.45, 2.75) is 19.2 Å². The van der Waals surface area contributed by atoms with Gasteiger partial charge in [-0.05, 0) is 66.2 Å². The minimum absolute atomic E-state index is 0.0323. The van der Waals surface area contributed by atoms with Crippen molar-refractivity contribution in [2.75, 3.05) is 44.6 Å². The molecule has 46 heavy (non-hydrogen) atoms. The van der Waals surface area contributed by atoms with Gasteiger partial charge in [0.2, 0.25) is 11.8 Å². The van der Waals surface area contributed by atoms with Gasteiger partial charge in [-0.25, -0.2) is 8.78 Å². The molecule has 2 amide bonds. The first kappa shape index (κ1) is 33.0. The summed E-state index contributed by atoms with van der Waals surface area (Å²) >= 11 is 6.19. The van der Waals surface area contributed by atoms with Gasteiger partial charge in [0, 0.05) is 49.0 Å². The maximum Gasteiger partial charge on any atom is 0.249 e. The van der Waals surface area contributed by atoms with E-state index in [-0.39, 0.29) is 37.3 Å². The van der Waals surface area contributed by atoms with Crippen LogP contribution in [0.2, 0.25) is 5.02 Å². The Morgan fingerprint density at radius 2 is 1.46 bits per heavy atom. The molecule has 0 aromatic heterocycles. The number of rotatable bonds is 13. The fraction of sp³-hybridized carbons (Fsp3) is 0.257. The van der Waals surface area contributed by atoms with Crippen molar-refractivity contribution >= 4 is 29.1 Å². The summed E-state index contributed by atoms with van der Waals surface area (Å²) in [6, 6.07) is 25.6. The molecule has 1 unspecified atom stereocenters. The molecule has 2 N–H and O–H groups in total. The maximum absolute atomic E-state index is 14.2. The molecule has 1 heterocycles. The number of carbonyl (C=O) groups is 2. The Hall–Kier alpha value is -4.35. The van der Waals surface area contributed by atoms with E-state index in [4.69, 9.17) is 21.1 Å². The van der Waals surface area contributed by atoms with E-state index >= 15 is 0 Å². The number of anilines is 1.